The molecule has 1 unspecified atom stereocenters. The number of hydrogen-bond donors (Lipinski definition) is 2. The van der Waals surface area contributed by atoms with E-state index in [1.54, 1.807) is 0 Å². The lowest BCUT2D eigenvalue weighted by Crippen LogP contribution is -2.38. The summed E-state index contributed by atoms with van der Waals surface area (Å²) >= 11 is 0. The molecule has 0 aliphatic heterocycles. The molecule has 1 aliphatic rings. The predicted molar refractivity (Wildman–Crippen MR) is 39.1 cm³/mol. The van der Waals surface area contributed by atoms with Crippen LogP contribution < -0.4 is 11.5 Å². The Morgan fingerprint density at radius 1 is 1.73 bits per heavy atom. The Bertz CT molecular complexity index is 214. The molecule has 11 heavy (non-hydrogen) atoms. The number of rotatable bonds is 3. The van der Waals surface area contributed by atoms with E-state index in [0.29, 0.717) is 6.42 Å². The van der Waals surface area contributed by atoms with Crippen LogP contribution in [-0.4, -0.2) is 11.9 Å². The minimum Gasteiger partial charge on any atom is -0.368 e. The van der Waals surface area contributed by atoms with Gasteiger partial charge in [0.15, 0.2) is 0 Å². The van der Waals surface area contributed by atoms with Crippen LogP contribution in [0.3, 0.4) is 0 Å². The Balaban J connectivity index is 2.43. The average Bonchev–Trinajstić information content (AvgIpc) is 2.69. The minimum absolute atomic E-state index is 0.325. The zero-order valence-corrected chi connectivity index (χ0v) is 6.21. The third-order valence-corrected chi connectivity index (χ3v) is 2.07. The van der Waals surface area contributed by atoms with E-state index in [-0.39, 0.29) is 5.41 Å². The monoisotopic (exact) mass is 153 g/mol. The Hall–Kier alpha value is -1.08. The van der Waals surface area contributed by atoms with Crippen LogP contribution in [0.2, 0.25) is 0 Å². The van der Waals surface area contributed by atoms with E-state index >= 15 is 0 Å². The number of primary amides is 1. The van der Waals surface area contributed by atoms with Crippen molar-refractivity contribution in [3.05, 3.63) is 0 Å². The third-order valence-electron chi connectivity index (χ3n) is 2.07. The molecule has 60 valence electrons. The van der Waals surface area contributed by atoms with Gasteiger partial charge in [-0.1, -0.05) is 0 Å². The van der Waals surface area contributed by atoms with Gasteiger partial charge >= 0.3 is 0 Å². The van der Waals surface area contributed by atoms with Gasteiger partial charge in [0.1, 0.15) is 0 Å². The van der Waals surface area contributed by atoms with Gasteiger partial charge in [0, 0.05) is 0 Å². The number of carbonyl (C=O) groups is 1. The van der Waals surface area contributed by atoms with E-state index in [0.717, 1.165) is 12.8 Å². The summed E-state index contributed by atoms with van der Waals surface area (Å²) in [5, 5.41) is 8.63. The maximum atomic E-state index is 10.5. The summed E-state index contributed by atoms with van der Waals surface area (Å²) in [6.45, 7) is 0. The van der Waals surface area contributed by atoms with E-state index in [9.17, 15) is 4.79 Å². The van der Waals surface area contributed by atoms with Crippen molar-refractivity contribution < 1.29 is 4.79 Å². The Morgan fingerprint density at radius 2 is 2.27 bits per heavy atom. The number of carbonyl (C=O) groups excluding carboxylic acids is 1. The van der Waals surface area contributed by atoms with Crippen molar-refractivity contribution in [2.75, 3.05) is 0 Å². The summed E-state index contributed by atoms with van der Waals surface area (Å²) in [7, 11) is 0. The second kappa shape index (κ2) is 2.51. The quantitative estimate of drug-likeness (QED) is 0.572. The average molecular weight is 153 g/mol. The zero-order chi connectivity index (χ0) is 8.48. The first-order valence-electron chi connectivity index (χ1n) is 3.56. The molecular weight excluding hydrogens is 142 g/mol. The third kappa shape index (κ3) is 1.69. The van der Waals surface area contributed by atoms with Gasteiger partial charge in [0.25, 0.3) is 0 Å². The van der Waals surface area contributed by atoms with E-state index in [4.69, 9.17) is 16.7 Å². The fraction of sp³-hybridized carbons (Fsp3) is 0.714. The number of nitrogens with zero attached hydrogens (tertiary/aromatic N) is 1. The molecule has 0 aromatic carbocycles. The fourth-order valence-corrected chi connectivity index (χ4v) is 1.03. The highest BCUT2D eigenvalue weighted by molar-refractivity contribution is 5.79. The molecule has 4 heteroatoms. The van der Waals surface area contributed by atoms with Crippen molar-refractivity contribution in [2.45, 2.75) is 25.3 Å². The van der Waals surface area contributed by atoms with Crippen LogP contribution in [0.4, 0.5) is 0 Å². The van der Waals surface area contributed by atoms with Crippen molar-refractivity contribution in [1.29, 1.82) is 5.26 Å². The molecule has 0 heterocycles. The second-order valence-corrected chi connectivity index (χ2v) is 3.11. The lowest BCUT2D eigenvalue weighted by molar-refractivity contribution is -0.119. The van der Waals surface area contributed by atoms with Gasteiger partial charge in [0.05, 0.1) is 17.5 Å². The Morgan fingerprint density at radius 3 is 2.55 bits per heavy atom. The maximum Gasteiger partial charge on any atom is 0.234 e. The molecule has 4 N–H and O–H groups in total. The smallest absolute Gasteiger partial charge is 0.234 e. The van der Waals surface area contributed by atoms with Crippen LogP contribution in [0.5, 0.6) is 0 Å². The van der Waals surface area contributed by atoms with Crippen LogP contribution in [0, 0.1) is 16.7 Å². The van der Waals surface area contributed by atoms with Crippen LogP contribution in [-0.2, 0) is 4.79 Å². The summed E-state index contributed by atoms with van der Waals surface area (Å²) in [6.07, 6.45) is 2.12. The molecule has 0 spiro atoms. The first-order valence-corrected chi connectivity index (χ1v) is 3.56. The molecule has 0 radical (unpaired) electrons. The van der Waals surface area contributed by atoms with Crippen molar-refractivity contribution >= 4 is 5.91 Å². The largest absolute Gasteiger partial charge is 0.368 e. The highest BCUT2D eigenvalue weighted by Crippen LogP contribution is 2.48. The van der Waals surface area contributed by atoms with Crippen molar-refractivity contribution in [3.63, 3.8) is 0 Å². The van der Waals surface area contributed by atoms with Crippen LogP contribution in [0.25, 0.3) is 0 Å². The van der Waals surface area contributed by atoms with Crippen molar-refractivity contribution in [3.8, 4) is 6.07 Å². The fourth-order valence-electron chi connectivity index (χ4n) is 1.03. The SMILES string of the molecule is N#CC1(CC(N)C(N)=O)CC1. The summed E-state index contributed by atoms with van der Waals surface area (Å²) < 4.78 is 0. The topological polar surface area (TPSA) is 92.9 Å². The second-order valence-electron chi connectivity index (χ2n) is 3.11. The molecule has 4 nitrogen and oxygen atoms in total. The van der Waals surface area contributed by atoms with Crippen LogP contribution in [0.15, 0.2) is 0 Å². The van der Waals surface area contributed by atoms with Crippen LogP contribution in [0.1, 0.15) is 19.3 Å². The standard InChI is InChI=1S/C7H11N3O/c8-4-7(1-2-7)3-5(9)6(10)11/h5H,1-3,9H2,(H2,10,11). The summed E-state index contributed by atoms with van der Waals surface area (Å²) in [4.78, 5) is 10.5. The summed E-state index contributed by atoms with van der Waals surface area (Å²) in [5.41, 5.74) is 10.0. The molecule has 1 fully saturated rings. The van der Waals surface area contributed by atoms with Gasteiger partial charge in [-0.2, -0.15) is 5.26 Å². The summed E-state index contributed by atoms with van der Waals surface area (Å²) in [5.74, 6) is -0.522. The first kappa shape index (κ1) is 8.02. The van der Waals surface area contributed by atoms with Gasteiger partial charge in [-0.3, -0.25) is 4.79 Å². The van der Waals surface area contributed by atoms with E-state index in [1.807, 2.05) is 0 Å². The van der Waals surface area contributed by atoms with Gasteiger partial charge in [0.2, 0.25) is 5.91 Å². The molecule has 0 aromatic rings. The van der Waals surface area contributed by atoms with Gasteiger partial charge in [-0.05, 0) is 19.3 Å². The number of nitrogens with two attached hydrogens (primary N) is 2. The van der Waals surface area contributed by atoms with Crippen molar-refractivity contribution in [2.24, 2.45) is 16.9 Å². The van der Waals surface area contributed by atoms with Crippen LogP contribution >= 0.6 is 0 Å². The lowest BCUT2D eigenvalue weighted by atomic mass is 9.99. The normalized spacial score (nSPS) is 21.8. The molecule has 0 saturated heterocycles. The van der Waals surface area contributed by atoms with Gasteiger partial charge < -0.3 is 11.5 Å². The maximum absolute atomic E-state index is 10.5. The molecule has 1 saturated carbocycles. The Labute approximate surface area is 65.2 Å². The molecular formula is C7H11N3O. The molecule has 1 aliphatic carbocycles. The molecule has 1 atom stereocenters. The number of nitriles is 1. The predicted octanol–water partition coefficient (Wildman–Crippen LogP) is -0.507. The minimum atomic E-state index is -0.655. The molecule has 0 aromatic heterocycles. The van der Waals surface area contributed by atoms with Gasteiger partial charge in [-0.15, -0.1) is 0 Å². The van der Waals surface area contributed by atoms with E-state index in [1.165, 1.54) is 0 Å². The summed E-state index contributed by atoms with van der Waals surface area (Å²) in [6, 6.07) is 1.49. The molecule has 1 amide bonds. The highest BCUT2D eigenvalue weighted by Gasteiger charge is 2.44. The zero-order valence-electron chi connectivity index (χ0n) is 6.21. The van der Waals surface area contributed by atoms with E-state index in [2.05, 4.69) is 6.07 Å². The molecule has 1 rings (SSSR count). The van der Waals surface area contributed by atoms with Crippen molar-refractivity contribution in [1.82, 2.24) is 0 Å². The van der Waals surface area contributed by atoms with E-state index < -0.39 is 11.9 Å². The Kier molecular flexibility index (Phi) is 1.83. The molecule has 0 bridgehead atoms. The lowest BCUT2D eigenvalue weighted by Gasteiger charge is -2.09. The number of amides is 1. The van der Waals surface area contributed by atoms with Gasteiger partial charge in [-0.25, -0.2) is 0 Å². The first-order chi connectivity index (χ1) is 5.09. The number of hydrogen-bond acceptors (Lipinski definition) is 3. The highest BCUT2D eigenvalue weighted by atomic mass is 16.1.